The lowest BCUT2D eigenvalue weighted by molar-refractivity contribution is -0.130. The van der Waals surface area contributed by atoms with E-state index in [1.165, 1.54) is 15.8 Å². The molecule has 4 N–H and O–H groups in total. The number of benzene rings is 1. The molecule has 0 bridgehead atoms. The number of H-pyrrole nitrogens is 1. The van der Waals surface area contributed by atoms with E-state index in [1.54, 1.807) is 40.6 Å². The number of carbonyl (C=O) groups is 1. The van der Waals surface area contributed by atoms with Crippen LogP contribution in [-0.4, -0.2) is 53.2 Å². The number of aromatic nitrogens is 2. The molecule has 0 atom stereocenters. The monoisotopic (exact) mass is 575 g/mol. The summed E-state index contributed by atoms with van der Waals surface area (Å²) in [6.45, 7) is 2.26. The van der Waals surface area contributed by atoms with Crippen LogP contribution in [0.15, 0.2) is 52.0 Å². The van der Waals surface area contributed by atoms with Gasteiger partial charge in [-0.2, -0.15) is 5.10 Å². The normalized spacial score (nSPS) is 16.7. The first kappa shape index (κ1) is 27.1. The molecule has 0 unspecified atom stereocenters. The van der Waals surface area contributed by atoms with Gasteiger partial charge in [-0.05, 0) is 54.8 Å². The molecule has 6 rings (SSSR count). The summed E-state index contributed by atoms with van der Waals surface area (Å²) in [6.07, 6.45) is 9.49. The van der Waals surface area contributed by atoms with Crippen molar-refractivity contribution in [3.63, 3.8) is 0 Å². The van der Waals surface area contributed by atoms with E-state index in [0.29, 0.717) is 49.6 Å². The van der Waals surface area contributed by atoms with Crippen molar-refractivity contribution in [1.29, 1.82) is 0 Å². The third-order valence-electron chi connectivity index (χ3n) is 7.08. The van der Waals surface area contributed by atoms with Crippen LogP contribution < -0.4 is 31.3 Å². The first-order valence-corrected chi connectivity index (χ1v) is 14.4. The van der Waals surface area contributed by atoms with E-state index in [4.69, 9.17) is 4.74 Å². The summed E-state index contributed by atoms with van der Waals surface area (Å²) in [5.74, 6) is 0.223. The zero-order chi connectivity index (χ0) is 28.2. The van der Waals surface area contributed by atoms with Crippen LogP contribution in [0.25, 0.3) is 23.4 Å². The predicted octanol–water partition coefficient (Wildman–Crippen LogP) is 2.46. The van der Waals surface area contributed by atoms with Crippen LogP contribution in [0.5, 0.6) is 0 Å². The number of aliphatic imine (C=N–C) groups is 1. The van der Waals surface area contributed by atoms with E-state index in [0.717, 1.165) is 30.0 Å². The van der Waals surface area contributed by atoms with Crippen LogP contribution in [0.2, 0.25) is 0 Å². The number of halogens is 1. The van der Waals surface area contributed by atoms with E-state index >= 15 is 0 Å². The summed E-state index contributed by atoms with van der Waals surface area (Å²) in [7, 11) is 0. The number of piperazine rings is 1. The number of nitrogens with one attached hydrogen (secondary N) is 4. The van der Waals surface area contributed by atoms with E-state index < -0.39 is 11.4 Å². The SMILES string of the molecule is O=C1CNCCN1C1=CN=C(Nc2cc(-c3ccc(F)c(NCOCc4cc5c(s4)=CCCC=5)c3)n[nH]c2=O)CC1. The number of anilines is 2. The lowest BCUT2D eigenvalue weighted by atomic mass is 10.1. The fourth-order valence-corrected chi connectivity index (χ4v) is 6.03. The van der Waals surface area contributed by atoms with E-state index in [9.17, 15) is 14.0 Å². The minimum Gasteiger partial charge on any atom is -0.360 e. The van der Waals surface area contributed by atoms with Gasteiger partial charge in [-0.15, -0.1) is 11.3 Å². The highest BCUT2D eigenvalue weighted by Crippen LogP contribution is 2.25. The van der Waals surface area contributed by atoms with Gasteiger partial charge in [0.25, 0.3) is 5.56 Å². The standard InChI is InChI=1S/C29H30FN7O3S/c30-22-7-5-18(12-24(22)33-17-40-16-21-11-19-3-1-2-4-26(19)41-21)23-13-25(29(39)36-35-23)34-27-8-6-20(14-32-27)37-10-9-31-15-28(37)38/h3-5,7,11-14,31,33H,1-2,6,8-10,15-17H2,(H,36,39)(H,32,34,35). The molecule has 0 saturated carbocycles. The molecule has 1 aromatic carbocycles. The van der Waals surface area contributed by atoms with Gasteiger partial charge in [0.1, 0.15) is 24.1 Å². The van der Waals surface area contributed by atoms with Gasteiger partial charge in [0, 0.05) is 46.4 Å². The zero-order valence-corrected chi connectivity index (χ0v) is 23.2. The number of thiophene rings is 1. The van der Waals surface area contributed by atoms with Crippen LogP contribution in [0.3, 0.4) is 0 Å². The Hall–Kier alpha value is -4.13. The van der Waals surface area contributed by atoms with E-state index in [-0.39, 0.29) is 24.0 Å². The van der Waals surface area contributed by atoms with Crippen molar-refractivity contribution < 1.29 is 13.9 Å². The molecule has 3 aliphatic rings. The Labute approximate surface area is 239 Å². The van der Waals surface area contributed by atoms with Crippen molar-refractivity contribution in [2.45, 2.75) is 32.3 Å². The quantitative estimate of drug-likeness (QED) is 0.240. The van der Waals surface area contributed by atoms with Gasteiger partial charge >= 0.3 is 0 Å². The van der Waals surface area contributed by atoms with Gasteiger partial charge < -0.3 is 25.6 Å². The number of rotatable bonds is 8. The summed E-state index contributed by atoms with van der Waals surface area (Å²) in [6, 6.07) is 8.35. The van der Waals surface area contributed by atoms with Crippen LogP contribution >= 0.6 is 11.3 Å². The second-order valence-corrected chi connectivity index (χ2v) is 11.1. The third-order valence-corrected chi connectivity index (χ3v) is 8.20. The molecule has 2 aliphatic heterocycles. The summed E-state index contributed by atoms with van der Waals surface area (Å²) in [4.78, 5) is 32.0. The van der Waals surface area contributed by atoms with Crippen molar-refractivity contribution in [3.05, 3.63) is 73.0 Å². The van der Waals surface area contributed by atoms with Gasteiger partial charge in [0.15, 0.2) is 0 Å². The highest BCUT2D eigenvalue weighted by molar-refractivity contribution is 7.09. The second-order valence-electron chi connectivity index (χ2n) is 9.92. The molecule has 2 aromatic heterocycles. The molecule has 3 aromatic rings. The Morgan fingerprint density at radius 3 is 2.83 bits per heavy atom. The largest absolute Gasteiger partial charge is 0.360 e. The van der Waals surface area contributed by atoms with Crippen molar-refractivity contribution in [1.82, 2.24) is 20.4 Å². The molecule has 10 nitrogen and oxygen atoms in total. The van der Waals surface area contributed by atoms with Crippen molar-refractivity contribution in [2.24, 2.45) is 4.99 Å². The first-order valence-electron chi connectivity index (χ1n) is 13.6. The molecule has 1 amide bonds. The number of allylic oxidation sites excluding steroid dienone is 1. The highest BCUT2D eigenvalue weighted by Gasteiger charge is 2.23. The van der Waals surface area contributed by atoms with Crippen molar-refractivity contribution in [3.8, 4) is 11.3 Å². The number of amidine groups is 1. The molecular weight excluding hydrogens is 545 g/mol. The minimum absolute atomic E-state index is 0.0301. The van der Waals surface area contributed by atoms with E-state index in [2.05, 4.69) is 49.4 Å². The molecule has 1 fully saturated rings. The number of ether oxygens (including phenoxy) is 1. The Bertz CT molecular complexity index is 1680. The number of hydrogen-bond acceptors (Lipinski definition) is 9. The maximum Gasteiger partial charge on any atom is 0.287 e. The lowest BCUT2D eigenvalue weighted by Crippen LogP contribution is -2.47. The number of hydrogen-bond donors (Lipinski definition) is 4. The fraction of sp³-hybridized carbons (Fsp3) is 0.310. The van der Waals surface area contributed by atoms with Crippen molar-refractivity contribution in [2.75, 3.05) is 37.0 Å². The van der Waals surface area contributed by atoms with Crippen molar-refractivity contribution >= 4 is 46.6 Å². The number of carbonyl (C=O) groups excluding carboxylic acids is 1. The second kappa shape index (κ2) is 12.2. The van der Waals surface area contributed by atoms with Gasteiger partial charge in [0.05, 0.1) is 24.5 Å². The Morgan fingerprint density at radius 2 is 2.00 bits per heavy atom. The van der Waals surface area contributed by atoms with Gasteiger partial charge in [0.2, 0.25) is 5.91 Å². The van der Waals surface area contributed by atoms with Crippen LogP contribution in [-0.2, 0) is 16.1 Å². The topological polar surface area (TPSA) is 124 Å². The van der Waals surface area contributed by atoms with Gasteiger partial charge in [-0.3, -0.25) is 9.59 Å². The average Bonchev–Trinajstić information content (AvgIpc) is 3.41. The summed E-state index contributed by atoms with van der Waals surface area (Å²) >= 11 is 1.72. The molecule has 4 heterocycles. The minimum atomic E-state index is -0.418. The molecular formula is C29H30FN7O3S. The maximum absolute atomic E-state index is 14.6. The number of aromatic amines is 1. The summed E-state index contributed by atoms with van der Waals surface area (Å²) in [5, 5.41) is 17.1. The zero-order valence-electron chi connectivity index (χ0n) is 22.3. The van der Waals surface area contributed by atoms with E-state index in [1.807, 2.05) is 0 Å². The van der Waals surface area contributed by atoms with Gasteiger partial charge in [-0.1, -0.05) is 12.2 Å². The smallest absolute Gasteiger partial charge is 0.287 e. The highest BCUT2D eigenvalue weighted by atomic mass is 32.1. The van der Waals surface area contributed by atoms with Crippen LogP contribution in [0.4, 0.5) is 15.8 Å². The van der Waals surface area contributed by atoms with Gasteiger partial charge in [-0.25, -0.2) is 14.5 Å². The first-order chi connectivity index (χ1) is 20.0. The Kier molecular flexibility index (Phi) is 8.03. The Morgan fingerprint density at radius 1 is 1.10 bits per heavy atom. The molecule has 1 aliphatic carbocycles. The molecule has 41 heavy (non-hydrogen) atoms. The molecule has 1 saturated heterocycles. The number of fused-ring (bicyclic) bond motifs is 1. The molecule has 212 valence electrons. The molecule has 0 spiro atoms. The van der Waals surface area contributed by atoms with Crippen LogP contribution in [0.1, 0.15) is 30.6 Å². The number of amides is 1. The lowest BCUT2D eigenvalue weighted by Gasteiger charge is -2.30. The maximum atomic E-state index is 14.6. The Balaban J connectivity index is 1.11. The fourth-order valence-electron chi connectivity index (χ4n) is 4.96. The summed E-state index contributed by atoms with van der Waals surface area (Å²) < 4.78 is 21.6. The van der Waals surface area contributed by atoms with Crippen LogP contribution in [0, 0.1) is 5.82 Å². The molecule has 0 radical (unpaired) electrons. The predicted molar refractivity (Wildman–Crippen MR) is 158 cm³/mol. The summed E-state index contributed by atoms with van der Waals surface area (Å²) in [5.41, 5.74) is 2.10. The number of nitrogens with zero attached hydrogens (tertiary/aromatic N) is 3. The third kappa shape index (κ3) is 6.29. The molecule has 12 heteroatoms. The average molecular weight is 576 g/mol.